The Balaban J connectivity index is -0.000000131. The summed E-state index contributed by atoms with van der Waals surface area (Å²) in [6.07, 6.45) is -2.33. The summed E-state index contributed by atoms with van der Waals surface area (Å²) in [4.78, 5) is 8.33. The standard InChI is InChI=1S/2C4H12P.CH2O3/c2*1-5(2,3)4;2-1(3)4/h2*1-4H3;(H2,2,3,4)/q2*+1;/p-2. The normalized spacial score (nSPS) is 10.3. The van der Waals surface area contributed by atoms with Gasteiger partial charge in [-0.3, -0.25) is 0 Å². The lowest BCUT2D eigenvalue weighted by Gasteiger charge is -1.97. The molecule has 0 saturated heterocycles. The third kappa shape index (κ3) is 88900. The summed E-state index contributed by atoms with van der Waals surface area (Å²) in [5, 5.41) is 16.7. The number of carbonyl (C=O) groups excluding carboxylic acids is 1. The zero-order chi connectivity index (χ0) is 12.6. The molecule has 0 fully saturated rings. The van der Waals surface area contributed by atoms with E-state index < -0.39 is 6.16 Å². The summed E-state index contributed by atoms with van der Waals surface area (Å²) in [6, 6.07) is 0. The second-order valence-corrected chi connectivity index (χ2v) is 16.3. The van der Waals surface area contributed by atoms with Crippen molar-refractivity contribution in [1.29, 1.82) is 0 Å². The molecular formula is C9H24O3P2. The quantitative estimate of drug-likeness (QED) is 0.584. The first kappa shape index (κ1) is 19.7. The molecule has 0 atom stereocenters. The zero-order valence-corrected chi connectivity index (χ0v) is 12.4. The predicted octanol–water partition coefficient (Wildman–Crippen LogP) is 0.599. The van der Waals surface area contributed by atoms with Crippen LogP contribution in [0.5, 0.6) is 0 Å². The van der Waals surface area contributed by atoms with Crippen molar-refractivity contribution >= 4 is 20.7 Å². The molecule has 0 saturated carbocycles. The Bertz CT molecular complexity index is 117. The summed E-state index contributed by atoms with van der Waals surface area (Å²) in [6.45, 7) is 18.4. The molecule has 0 radical (unpaired) electrons. The molecule has 0 aliphatic carbocycles. The molecule has 0 unspecified atom stereocenters. The maximum atomic E-state index is 8.33. The molecule has 88 valence electrons. The minimum absolute atomic E-state index is 0.389. The Labute approximate surface area is 89.6 Å². The van der Waals surface area contributed by atoms with Crippen molar-refractivity contribution in [3.8, 4) is 0 Å². The largest absolute Gasteiger partial charge is 0.652 e. The van der Waals surface area contributed by atoms with Crippen LogP contribution in [-0.2, 0) is 0 Å². The van der Waals surface area contributed by atoms with Gasteiger partial charge in [0.2, 0.25) is 0 Å². The molecule has 0 aromatic rings. The van der Waals surface area contributed by atoms with Crippen LogP contribution in [0.3, 0.4) is 0 Å². The topological polar surface area (TPSA) is 63.2 Å². The zero-order valence-electron chi connectivity index (χ0n) is 10.6. The average Bonchev–Trinajstić information content (AvgIpc) is 1.45. The van der Waals surface area contributed by atoms with Gasteiger partial charge in [0.15, 0.2) is 0 Å². The molecule has 0 spiro atoms. The van der Waals surface area contributed by atoms with Gasteiger partial charge >= 0.3 is 0 Å². The molecule has 0 rings (SSSR count). The van der Waals surface area contributed by atoms with Crippen molar-refractivity contribution in [2.24, 2.45) is 0 Å². The van der Waals surface area contributed by atoms with E-state index in [0.717, 1.165) is 0 Å². The monoisotopic (exact) mass is 242 g/mol. The van der Waals surface area contributed by atoms with Gasteiger partial charge in [0.1, 0.15) is 0 Å². The van der Waals surface area contributed by atoms with Gasteiger partial charge in [-0.05, 0) is 6.16 Å². The van der Waals surface area contributed by atoms with Crippen molar-refractivity contribution in [2.45, 2.75) is 0 Å². The van der Waals surface area contributed by atoms with Gasteiger partial charge in [-0.2, -0.15) is 0 Å². The van der Waals surface area contributed by atoms with E-state index in [4.69, 9.17) is 15.0 Å². The van der Waals surface area contributed by atoms with Gasteiger partial charge in [0.25, 0.3) is 0 Å². The fourth-order valence-electron chi connectivity index (χ4n) is 0. The van der Waals surface area contributed by atoms with Crippen molar-refractivity contribution < 1.29 is 15.0 Å². The van der Waals surface area contributed by atoms with E-state index in [1.165, 1.54) is 0 Å². The van der Waals surface area contributed by atoms with Gasteiger partial charge in [-0.25, -0.2) is 0 Å². The highest BCUT2D eigenvalue weighted by Crippen LogP contribution is 2.40. The first-order chi connectivity index (χ1) is 5.73. The molecule has 0 aromatic carbocycles. The number of hydrogen-bond acceptors (Lipinski definition) is 3. The third-order valence-electron chi connectivity index (χ3n) is 0. The molecule has 3 nitrogen and oxygen atoms in total. The van der Waals surface area contributed by atoms with E-state index in [2.05, 4.69) is 53.3 Å². The first-order valence-electron chi connectivity index (χ1n) is 4.19. The molecule has 0 N–H and O–H groups in total. The van der Waals surface area contributed by atoms with Gasteiger partial charge in [0, 0.05) is 67.8 Å². The van der Waals surface area contributed by atoms with Crippen LogP contribution >= 0.6 is 14.5 Å². The van der Waals surface area contributed by atoms with E-state index >= 15 is 0 Å². The molecule has 0 amide bonds. The summed E-state index contributed by atoms with van der Waals surface area (Å²) in [5.74, 6) is 0. The maximum Gasteiger partial charge on any atom is 0.0481 e. The van der Waals surface area contributed by atoms with Crippen molar-refractivity contribution in [1.82, 2.24) is 0 Å². The number of rotatable bonds is 0. The van der Waals surface area contributed by atoms with Crippen molar-refractivity contribution in [3.05, 3.63) is 0 Å². The molecular weight excluding hydrogens is 218 g/mol. The van der Waals surface area contributed by atoms with E-state index in [-0.39, 0.29) is 14.5 Å². The van der Waals surface area contributed by atoms with Gasteiger partial charge in [-0.1, -0.05) is 0 Å². The summed E-state index contributed by atoms with van der Waals surface area (Å²) in [7, 11) is -0.778. The molecule has 0 heterocycles. The van der Waals surface area contributed by atoms with Crippen molar-refractivity contribution in [2.75, 3.05) is 53.3 Å². The number of carboxylic acid groups (broad SMARTS) is 2. The fraction of sp³-hybridized carbons (Fsp3) is 0.889. The molecule has 0 bridgehead atoms. The van der Waals surface area contributed by atoms with Crippen LogP contribution in [0.2, 0.25) is 0 Å². The summed E-state index contributed by atoms with van der Waals surface area (Å²) in [5.41, 5.74) is 0. The summed E-state index contributed by atoms with van der Waals surface area (Å²) >= 11 is 0. The highest BCUT2D eigenvalue weighted by molar-refractivity contribution is 7.73. The molecule has 0 aliphatic rings. The number of hydrogen-bond donors (Lipinski definition) is 0. The second kappa shape index (κ2) is 8.44. The van der Waals surface area contributed by atoms with Crippen molar-refractivity contribution in [3.63, 3.8) is 0 Å². The lowest BCUT2D eigenvalue weighted by Crippen LogP contribution is -2.37. The van der Waals surface area contributed by atoms with E-state index in [9.17, 15) is 0 Å². The van der Waals surface area contributed by atoms with Crippen LogP contribution in [0.4, 0.5) is 4.79 Å². The highest BCUT2D eigenvalue weighted by Gasteiger charge is 2.03. The predicted molar refractivity (Wildman–Crippen MR) is 66.6 cm³/mol. The number of carbonyl (C=O) groups is 1. The molecule has 0 aromatic heterocycles. The van der Waals surface area contributed by atoms with Crippen LogP contribution in [-0.4, -0.2) is 59.5 Å². The van der Waals surface area contributed by atoms with Crippen LogP contribution in [0.15, 0.2) is 0 Å². The fourth-order valence-corrected chi connectivity index (χ4v) is 0. The minimum Gasteiger partial charge on any atom is -0.652 e. The molecule has 14 heavy (non-hydrogen) atoms. The van der Waals surface area contributed by atoms with E-state index in [1.807, 2.05) is 0 Å². The Hall–Kier alpha value is 0.130. The minimum atomic E-state index is -2.33. The average molecular weight is 242 g/mol. The molecule has 0 aliphatic heterocycles. The van der Waals surface area contributed by atoms with Crippen LogP contribution in [0, 0.1) is 0 Å². The summed E-state index contributed by atoms with van der Waals surface area (Å²) < 4.78 is 0. The van der Waals surface area contributed by atoms with E-state index in [1.54, 1.807) is 0 Å². The maximum absolute atomic E-state index is 8.33. The van der Waals surface area contributed by atoms with Gasteiger partial charge < -0.3 is 15.0 Å². The van der Waals surface area contributed by atoms with E-state index in [0.29, 0.717) is 0 Å². The Morgan fingerprint density at radius 2 is 0.714 bits per heavy atom. The SMILES string of the molecule is C[P+](C)(C)C.C[P+](C)(C)C.O=C([O-])[O-]. The highest BCUT2D eigenvalue weighted by atomic mass is 31.2. The molecule has 5 heteroatoms. The van der Waals surface area contributed by atoms with Crippen LogP contribution < -0.4 is 10.2 Å². The lowest BCUT2D eigenvalue weighted by molar-refractivity contribution is -0.415. The van der Waals surface area contributed by atoms with Gasteiger partial charge in [0.05, 0.1) is 0 Å². The van der Waals surface area contributed by atoms with Crippen LogP contribution in [0.25, 0.3) is 0 Å². The Morgan fingerprint density at radius 3 is 0.714 bits per heavy atom. The lowest BCUT2D eigenvalue weighted by atomic mass is 11.5. The van der Waals surface area contributed by atoms with Gasteiger partial charge in [-0.15, -0.1) is 0 Å². The Kier molecular flexibility index (Phi) is 11.9. The smallest absolute Gasteiger partial charge is 0.0481 e. The third-order valence-corrected chi connectivity index (χ3v) is 0. The Morgan fingerprint density at radius 1 is 0.714 bits per heavy atom. The van der Waals surface area contributed by atoms with Crippen LogP contribution in [0.1, 0.15) is 0 Å². The second-order valence-electron chi connectivity index (χ2n) is 5.62. The first-order valence-corrected chi connectivity index (χ1v) is 11.3.